The third-order valence-electron chi connectivity index (χ3n) is 7.53. The molecule has 0 saturated heterocycles. The summed E-state index contributed by atoms with van der Waals surface area (Å²) in [4.78, 5) is 25.8. The van der Waals surface area contributed by atoms with Gasteiger partial charge >= 0.3 is 0 Å². The van der Waals surface area contributed by atoms with Crippen LogP contribution >= 0.6 is 0 Å². The number of rotatable bonds is 14. The molecular formula is C32H48O2. The average Bonchev–Trinajstić information content (AvgIpc) is 2.77. The van der Waals surface area contributed by atoms with E-state index in [1.165, 1.54) is 56.9 Å². The lowest BCUT2D eigenvalue weighted by Gasteiger charge is -2.19. The summed E-state index contributed by atoms with van der Waals surface area (Å²) in [5.41, 5.74) is 4.73. The largest absolute Gasteiger partial charge is 0.289 e. The van der Waals surface area contributed by atoms with Crippen molar-refractivity contribution in [1.82, 2.24) is 0 Å². The Kier molecular flexibility index (Phi) is 11.5. The fraction of sp³-hybridized carbons (Fsp3) is 0.625. The Morgan fingerprint density at radius 3 is 2.00 bits per heavy atom. The smallest absolute Gasteiger partial charge is 0.190 e. The van der Waals surface area contributed by atoms with Crippen LogP contribution in [0.15, 0.2) is 41.0 Å². The van der Waals surface area contributed by atoms with Crippen molar-refractivity contribution in [2.45, 2.75) is 113 Å². The molecule has 34 heavy (non-hydrogen) atoms. The monoisotopic (exact) mass is 464 g/mol. The van der Waals surface area contributed by atoms with E-state index in [1.807, 2.05) is 19.1 Å². The van der Waals surface area contributed by atoms with E-state index in [1.54, 1.807) is 13.0 Å². The highest BCUT2D eigenvalue weighted by Gasteiger charge is 2.29. The summed E-state index contributed by atoms with van der Waals surface area (Å²) in [5, 5.41) is 0. The Morgan fingerprint density at radius 2 is 1.38 bits per heavy atom. The molecule has 0 aromatic heterocycles. The summed E-state index contributed by atoms with van der Waals surface area (Å²) >= 11 is 0. The second kappa shape index (κ2) is 13.8. The van der Waals surface area contributed by atoms with Crippen molar-refractivity contribution in [3.05, 3.63) is 57.7 Å². The van der Waals surface area contributed by atoms with Crippen LogP contribution in [0.3, 0.4) is 0 Å². The van der Waals surface area contributed by atoms with Gasteiger partial charge in [0.05, 0.1) is 0 Å². The third-order valence-corrected chi connectivity index (χ3v) is 7.53. The maximum atomic E-state index is 13.0. The number of fused-ring (bicyclic) bond motifs is 1. The van der Waals surface area contributed by atoms with Crippen molar-refractivity contribution >= 4 is 11.6 Å². The zero-order chi connectivity index (χ0) is 25.3. The van der Waals surface area contributed by atoms with Gasteiger partial charge < -0.3 is 0 Å². The van der Waals surface area contributed by atoms with Crippen molar-refractivity contribution < 1.29 is 9.59 Å². The molecular weight excluding hydrogens is 416 g/mol. The summed E-state index contributed by atoms with van der Waals surface area (Å²) in [6.07, 6.45) is 14.4. The molecule has 0 heterocycles. The van der Waals surface area contributed by atoms with Gasteiger partial charge in [-0.1, -0.05) is 102 Å². The Labute approximate surface area is 209 Å². The zero-order valence-corrected chi connectivity index (χ0v) is 22.9. The van der Waals surface area contributed by atoms with Crippen LogP contribution in [0.1, 0.15) is 132 Å². The van der Waals surface area contributed by atoms with Crippen molar-refractivity contribution in [2.75, 3.05) is 0 Å². The summed E-state index contributed by atoms with van der Waals surface area (Å²) in [6, 6.07) is 5.55. The molecule has 2 atom stereocenters. The van der Waals surface area contributed by atoms with Gasteiger partial charge in [-0.15, -0.1) is 0 Å². The number of allylic oxidation sites excluding steroid dienone is 4. The van der Waals surface area contributed by atoms with E-state index in [4.69, 9.17) is 0 Å². The number of carbonyl (C=O) groups is 2. The van der Waals surface area contributed by atoms with Gasteiger partial charge in [-0.2, -0.15) is 0 Å². The van der Waals surface area contributed by atoms with E-state index in [0.717, 1.165) is 29.7 Å². The maximum Gasteiger partial charge on any atom is 0.190 e. The van der Waals surface area contributed by atoms with E-state index >= 15 is 0 Å². The fourth-order valence-corrected chi connectivity index (χ4v) is 5.05. The lowest BCUT2D eigenvalue weighted by Crippen LogP contribution is -2.21. The Bertz CT molecular complexity index is 900. The molecule has 0 spiro atoms. The van der Waals surface area contributed by atoms with Crippen LogP contribution in [0.2, 0.25) is 0 Å². The molecule has 1 aromatic rings. The van der Waals surface area contributed by atoms with E-state index in [0.29, 0.717) is 28.7 Å². The van der Waals surface area contributed by atoms with Crippen molar-refractivity contribution in [3.63, 3.8) is 0 Å². The average molecular weight is 465 g/mol. The second-order valence-electron chi connectivity index (χ2n) is 11.4. The van der Waals surface area contributed by atoms with Crippen LogP contribution in [0.4, 0.5) is 0 Å². The van der Waals surface area contributed by atoms with Crippen LogP contribution in [-0.2, 0) is 0 Å². The van der Waals surface area contributed by atoms with Gasteiger partial charge in [-0.3, -0.25) is 9.59 Å². The van der Waals surface area contributed by atoms with Crippen molar-refractivity contribution in [2.24, 2.45) is 17.8 Å². The molecule has 0 saturated carbocycles. The van der Waals surface area contributed by atoms with Gasteiger partial charge in [-0.25, -0.2) is 0 Å². The first kappa shape index (κ1) is 28.3. The highest BCUT2D eigenvalue weighted by molar-refractivity contribution is 6.26. The van der Waals surface area contributed by atoms with Crippen LogP contribution < -0.4 is 0 Å². The predicted octanol–water partition coefficient (Wildman–Crippen LogP) is 9.47. The highest BCUT2D eigenvalue weighted by Crippen LogP contribution is 2.29. The van der Waals surface area contributed by atoms with Gasteiger partial charge in [0.2, 0.25) is 0 Å². The van der Waals surface area contributed by atoms with Gasteiger partial charge in [0.25, 0.3) is 0 Å². The summed E-state index contributed by atoms with van der Waals surface area (Å²) < 4.78 is 0. The van der Waals surface area contributed by atoms with Crippen LogP contribution in [0, 0.1) is 24.7 Å². The summed E-state index contributed by atoms with van der Waals surface area (Å²) in [7, 11) is 0. The molecule has 0 radical (unpaired) electrons. The van der Waals surface area contributed by atoms with Gasteiger partial charge in [0.15, 0.2) is 11.6 Å². The molecule has 0 bridgehead atoms. The molecule has 2 heteroatoms. The lowest BCUT2D eigenvalue weighted by atomic mass is 9.82. The first-order chi connectivity index (χ1) is 16.1. The molecule has 0 amide bonds. The SMILES string of the molecule is CC(=CCC1=C(C)C(=O)c2ccc(C)cc2C1=O)CCCC(C)CCCC(C)CCCC(C)C. The summed E-state index contributed by atoms with van der Waals surface area (Å²) in [6.45, 7) is 15.4. The standard InChI is InChI=1S/C32H48O2/c1-22(2)11-8-12-23(3)13-9-14-24(4)15-10-16-25(5)17-19-28-27(7)31(33)29-20-18-26(6)21-30(29)32(28)34/h17-18,20-24H,8-16,19H2,1-7H3. The first-order valence-electron chi connectivity index (χ1n) is 13.7. The molecule has 0 N–H and O–H groups in total. The highest BCUT2D eigenvalue weighted by atomic mass is 16.1. The number of aryl methyl sites for hydroxylation is 1. The minimum absolute atomic E-state index is 0.00119. The fourth-order valence-electron chi connectivity index (χ4n) is 5.05. The van der Waals surface area contributed by atoms with Gasteiger partial charge in [-0.05, 0) is 63.9 Å². The quantitative estimate of drug-likeness (QED) is 0.257. The molecule has 1 aliphatic rings. The molecule has 1 aromatic carbocycles. The molecule has 2 unspecified atom stereocenters. The third kappa shape index (κ3) is 8.67. The molecule has 0 fully saturated rings. The van der Waals surface area contributed by atoms with Gasteiger partial charge in [0.1, 0.15) is 0 Å². The number of hydrogen-bond acceptors (Lipinski definition) is 2. The minimum Gasteiger partial charge on any atom is -0.289 e. The number of hydrogen-bond donors (Lipinski definition) is 0. The van der Waals surface area contributed by atoms with Crippen LogP contribution in [-0.4, -0.2) is 11.6 Å². The van der Waals surface area contributed by atoms with E-state index in [-0.39, 0.29) is 11.6 Å². The van der Waals surface area contributed by atoms with E-state index < -0.39 is 0 Å². The number of benzene rings is 1. The maximum absolute atomic E-state index is 13.0. The number of ketones is 2. The topological polar surface area (TPSA) is 34.1 Å². The Morgan fingerprint density at radius 1 is 0.794 bits per heavy atom. The lowest BCUT2D eigenvalue weighted by molar-refractivity contribution is 0.0973. The Balaban J connectivity index is 1.74. The second-order valence-corrected chi connectivity index (χ2v) is 11.4. The molecule has 1 aliphatic carbocycles. The molecule has 0 aliphatic heterocycles. The van der Waals surface area contributed by atoms with E-state index in [9.17, 15) is 9.59 Å². The Hall–Kier alpha value is -1.96. The molecule has 2 nitrogen and oxygen atoms in total. The van der Waals surface area contributed by atoms with Crippen molar-refractivity contribution in [3.8, 4) is 0 Å². The minimum atomic E-state index is -0.00119. The zero-order valence-electron chi connectivity index (χ0n) is 22.9. The normalized spacial score (nSPS) is 16.3. The molecule has 2 rings (SSSR count). The number of Topliss-reactive ketones (excluding diaryl/α,β-unsaturated/α-hetero) is 2. The van der Waals surface area contributed by atoms with Crippen LogP contribution in [0.5, 0.6) is 0 Å². The number of carbonyl (C=O) groups excluding carboxylic acids is 2. The van der Waals surface area contributed by atoms with Crippen LogP contribution in [0.25, 0.3) is 0 Å². The van der Waals surface area contributed by atoms with Crippen molar-refractivity contribution in [1.29, 1.82) is 0 Å². The summed E-state index contributed by atoms with van der Waals surface area (Å²) in [5.74, 6) is 2.49. The molecule has 188 valence electrons. The first-order valence-corrected chi connectivity index (χ1v) is 13.7. The predicted molar refractivity (Wildman–Crippen MR) is 146 cm³/mol. The van der Waals surface area contributed by atoms with Gasteiger partial charge in [0, 0.05) is 22.3 Å². The van der Waals surface area contributed by atoms with E-state index in [2.05, 4.69) is 40.7 Å².